The number of pyridine rings is 2. The van der Waals surface area contributed by atoms with Crippen LogP contribution in [0.2, 0.25) is 0 Å². The Bertz CT molecular complexity index is 1050. The Morgan fingerprint density at radius 1 is 1.03 bits per heavy atom. The smallest absolute Gasteiger partial charge is 0.490 e. The summed E-state index contributed by atoms with van der Waals surface area (Å²) in [6.45, 7) is 0.925. The van der Waals surface area contributed by atoms with Gasteiger partial charge in [-0.15, -0.1) is 13.2 Å². The van der Waals surface area contributed by atoms with Crippen LogP contribution >= 0.6 is 0 Å². The molecule has 3 aromatic rings. The number of likely N-dealkylation sites (tertiary alicyclic amines) is 1. The van der Waals surface area contributed by atoms with E-state index in [-0.39, 0.29) is 17.8 Å². The number of alkyl halides is 3. The number of carbonyl (C=O) groups is 1. The molecule has 0 unspecified atom stereocenters. The Kier molecular flexibility index (Phi) is 5.43. The fourth-order valence-electron chi connectivity index (χ4n) is 3.35. The summed E-state index contributed by atoms with van der Waals surface area (Å²) in [6.07, 6.45) is -2.22. The summed E-state index contributed by atoms with van der Waals surface area (Å²) in [6, 6.07) is 12.6. The second-order valence-corrected chi connectivity index (χ2v) is 6.88. The van der Waals surface area contributed by atoms with Gasteiger partial charge in [0.05, 0.1) is 0 Å². The molecule has 1 aromatic carbocycles. The van der Waals surface area contributed by atoms with Crippen LogP contribution < -0.4 is 9.47 Å². The molecule has 1 aliphatic heterocycles. The third kappa shape index (κ3) is 4.79. The lowest BCUT2D eigenvalue weighted by atomic mass is 10.1. The predicted molar refractivity (Wildman–Crippen MR) is 102 cm³/mol. The van der Waals surface area contributed by atoms with E-state index in [4.69, 9.17) is 4.74 Å². The first-order valence-corrected chi connectivity index (χ1v) is 9.41. The minimum absolute atomic E-state index is 0.179. The van der Waals surface area contributed by atoms with Crippen LogP contribution in [0.15, 0.2) is 54.7 Å². The van der Waals surface area contributed by atoms with Crippen molar-refractivity contribution in [3.05, 3.63) is 60.4 Å². The lowest BCUT2D eigenvalue weighted by molar-refractivity contribution is -0.274. The molecule has 0 N–H and O–H groups in total. The molecule has 0 bridgehead atoms. The molecule has 9 heteroatoms. The number of hydrogen-bond donors (Lipinski definition) is 0. The van der Waals surface area contributed by atoms with Crippen LogP contribution in [0.3, 0.4) is 0 Å². The molecule has 0 saturated carbocycles. The van der Waals surface area contributed by atoms with Crippen LogP contribution in [0.5, 0.6) is 11.5 Å². The maximum Gasteiger partial charge on any atom is 0.573 e. The summed E-state index contributed by atoms with van der Waals surface area (Å²) in [5.74, 6) is -0.214. The van der Waals surface area contributed by atoms with Crippen LogP contribution in [-0.4, -0.2) is 46.3 Å². The van der Waals surface area contributed by atoms with Crippen LogP contribution in [-0.2, 0) is 0 Å². The van der Waals surface area contributed by atoms with E-state index < -0.39 is 6.36 Å². The number of nitrogens with zero attached hydrogens (tertiary/aromatic N) is 3. The summed E-state index contributed by atoms with van der Waals surface area (Å²) in [5.41, 5.74) is 0.847. The van der Waals surface area contributed by atoms with E-state index >= 15 is 0 Å². The highest BCUT2D eigenvalue weighted by Crippen LogP contribution is 2.28. The van der Waals surface area contributed by atoms with Gasteiger partial charge in [-0.05, 0) is 36.4 Å². The van der Waals surface area contributed by atoms with Crippen molar-refractivity contribution in [1.29, 1.82) is 0 Å². The Morgan fingerprint density at radius 3 is 2.57 bits per heavy atom. The van der Waals surface area contributed by atoms with Gasteiger partial charge in [0.1, 0.15) is 23.3 Å². The Morgan fingerprint density at radius 2 is 1.80 bits per heavy atom. The average molecular weight is 417 g/mol. The Balaban J connectivity index is 1.35. The zero-order valence-electron chi connectivity index (χ0n) is 15.8. The molecule has 0 aliphatic carbocycles. The number of hydrogen-bond acceptors (Lipinski definition) is 5. The van der Waals surface area contributed by atoms with Gasteiger partial charge >= 0.3 is 6.36 Å². The van der Waals surface area contributed by atoms with Crippen LogP contribution in [0.25, 0.3) is 11.0 Å². The van der Waals surface area contributed by atoms with E-state index in [1.807, 2.05) is 12.1 Å². The number of carbonyl (C=O) groups excluding carboxylic acids is 1. The molecular formula is C21H18F3N3O3. The van der Waals surface area contributed by atoms with Gasteiger partial charge in [0.15, 0.2) is 5.65 Å². The van der Waals surface area contributed by atoms with Crippen LogP contribution in [0.1, 0.15) is 23.3 Å². The van der Waals surface area contributed by atoms with Gasteiger partial charge in [-0.1, -0.05) is 6.07 Å². The minimum atomic E-state index is -4.75. The number of ether oxygens (including phenoxy) is 2. The molecule has 1 saturated heterocycles. The number of halogens is 3. The molecule has 1 amide bonds. The van der Waals surface area contributed by atoms with Crippen molar-refractivity contribution in [3.8, 4) is 11.5 Å². The second-order valence-electron chi connectivity index (χ2n) is 6.88. The monoisotopic (exact) mass is 417 g/mol. The fraction of sp³-hybridized carbons (Fsp3) is 0.286. The molecule has 1 aliphatic rings. The van der Waals surface area contributed by atoms with Crippen LogP contribution in [0.4, 0.5) is 13.2 Å². The molecule has 30 heavy (non-hydrogen) atoms. The predicted octanol–water partition coefficient (Wildman–Crippen LogP) is 4.21. The van der Waals surface area contributed by atoms with E-state index in [1.165, 1.54) is 18.2 Å². The average Bonchev–Trinajstić information content (AvgIpc) is 2.72. The van der Waals surface area contributed by atoms with Gasteiger partial charge in [-0.3, -0.25) is 4.79 Å². The Hall–Kier alpha value is -3.36. The van der Waals surface area contributed by atoms with Gasteiger partial charge in [0.25, 0.3) is 5.91 Å². The van der Waals surface area contributed by atoms with Crippen molar-refractivity contribution in [2.45, 2.75) is 25.3 Å². The largest absolute Gasteiger partial charge is 0.573 e. The van der Waals surface area contributed by atoms with Crippen molar-refractivity contribution in [1.82, 2.24) is 14.9 Å². The van der Waals surface area contributed by atoms with E-state index in [9.17, 15) is 18.0 Å². The molecule has 6 nitrogen and oxygen atoms in total. The molecular weight excluding hydrogens is 399 g/mol. The van der Waals surface area contributed by atoms with Gasteiger partial charge < -0.3 is 14.4 Å². The number of aromatic nitrogens is 2. The van der Waals surface area contributed by atoms with E-state index in [1.54, 1.807) is 29.3 Å². The van der Waals surface area contributed by atoms with Gasteiger partial charge in [0.2, 0.25) is 0 Å². The number of fused-ring (bicyclic) bond motifs is 1. The summed E-state index contributed by atoms with van der Waals surface area (Å²) in [4.78, 5) is 23.0. The molecule has 2 aromatic heterocycles. The van der Waals surface area contributed by atoms with Gasteiger partial charge in [0, 0.05) is 43.6 Å². The standard InChI is InChI=1S/C21H18F3N3O3/c22-21(23,24)30-17-5-1-4-16(13-17)29-15-8-11-27(12-9-15)20(28)18-7-6-14-3-2-10-25-19(14)26-18/h1-7,10,13,15H,8-9,11-12H2. The highest BCUT2D eigenvalue weighted by Gasteiger charge is 2.31. The lowest BCUT2D eigenvalue weighted by Gasteiger charge is -2.32. The first-order chi connectivity index (χ1) is 14.4. The topological polar surface area (TPSA) is 64.6 Å². The number of benzene rings is 1. The minimum Gasteiger partial charge on any atom is -0.490 e. The summed E-state index contributed by atoms with van der Waals surface area (Å²) in [7, 11) is 0. The quantitative estimate of drug-likeness (QED) is 0.636. The zero-order chi connectivity index (χ0) is 21.1. The number of amides is 1. The highest BCUT2D eigenvalue weighted by atomic mass is 19.4. The molecule has 0 spiro atoms. The second kappa shape index (κ2) is 8.17. The zero-order valence-corrected chi connectivity index (χ0v) is 15.8. The first kappa shape index (κ1) is 19.9. The SMILES string of the molecule is O=C(c1ccc2cccnc2n1)N1CCC(Oc2cccc(OC(F)(F)F)c2)CC1. The number of piperidine rings is 1. The maximum absolute atomic E-state index is 12.8. The summed E-state index contributed by atoms with van der Waals surface area (Å²) in [5, 5.41) is 0.859. The molecule has 0 atom stereocenters. The Labute approximate surface area is 170 Å². The fourth-order valence-corrected chi connectivity index (χ4v) is 3.35. The highest BCUT2D eigenvalue weighted by molar-refractivity contribution is 5.94. The van der Waals surface area contributed by atoms with Crippen molar-refractivity contribution in [3.63, 3.8) is 0 Å². The first-order valence-electron chi connectivity index (χ1n) is 9.41. The molecule has 156 valence electrons. The van der Waals surface area contributed by atoms with Crippen molar-refractivity contribution >= 4 is 16.9 Å². The molecule has 0 radical (unpaired) electrons. The lowest BCUT2D eigenvalue weighted by Crippen LogP contribution is -2.42. The van der Waals surface area contributed by atoms with E-state index in [0.29, 0.717) is 43.0 Å². The summed E-state index contributed by atoms with van der Waals surface area (Å²) < 4.78 is 46.8. The van der Waals surface area contributed by atoms with Crippen LogP contribution in [0, 0.1) is 0 Å². The van der Waals surface area contributed by atoms with Crippen molar-refractivity contribution in [2.75, 3.05) is 13.1 Å². The van der Waals surface area contributed by atoms with E-state index in [2.05, 4.69) is 14.7 Å². The van der Waals surface area contributed by atoms with Crippen molar-refractivity contribution < 1.29 is 27.4 Å². The third-order valence-electron chi connectivity index (χ3n) is 4.75. The normalized spacial score (nSPS) is 15.2. The van der Waals surface area contributed by atoms with Gasteiger partial charge in [-0.2, -0.15) is 0 Å². The molecule has 1 fully saturated rings. The maximum atomic E-state index is 12.8. The van der Waals surface area contributed by atoms with Crippen molar-refractivity contribution in [2.24, 2.45) is 0 Å². The third-order valence-corrected chi connectivity index (χ3v) is 4.75. The van der Waals surface area contributed by atoms with Gasteiger partial charge in [-0.25, -0.2) is 9.97 Å². The van der Waals surface area contributed by atoms with E-state index in [0.717, 1.165) is 5.39 Å². The molecule has 3 heterocycles. The summed E-state index contributed by atoms with van der Waals surface area (Å²) >= 11 is 0. The molecule has 4 rings (SSSR count). The number of rotatable bonds is 4.